The SMILES string of the molecule is COc1nc(Cl)nc(O/N=C(\C)N)n1. The minimum Gasteiger partial charge on any atom is -0.467 e. The molecule has 0 aliphatic heterocycles. The lowest BCUT2D eigenvalue weighted by Crippen LogP contribution is -2.08. The molecule has 0 spiro atoms. The number of aromatic nitrogens is 3. The molecule has 8 heteroatoms. The van der Waals surface area contributed by atoms with Gasteiger partial charge in [-0.05, 0) is 18.5 Å². The number of halogens is 1. The fourth-order valence-corrected chi connectivity index (χ4v) is 0.704. The highest BCUT2D eigenvalue weighted by Crippen LogP contribution is 2.12. The second-order valence-electron chi connectivity index (χ2n) is 2.20. The van der Waals surface area contributed by atoms with Crippen molar-refractivity contribution in [2.24, 2.45) is 10.9 Å². The van der Waals surface area contributed by atoms with Gasteiger partial charge in [-0.3, -0.25) is 0 Å². The second kappa shape index (κ2) is 4.56. The maximum atomic E-state index is 5.54. The van der Waals surface area contributed by atoms with E-state index >= 15 is 0 Å². The third-order valence-corrected chi connectivity index (χ3v) is 1.19. The molecule has 7 nitrogen and oxygen atoms in total. The van der Waals surface area contributed by atoms with Crippen molar-refractivity contribution in [1.29, 1.82) is 0 Å². The summed E-state index contributed by atoms with van der Waals surface area (Å²) in [4.78, 5) is 15.7. The summed E-state index contributed by atoms with van der Waals surface area (Å²) in [5.74, 6) is 0.237. The van der Waals surface area contributed by atoms with Gasteiger partial charge in [0.15, 0.2) is 0 Å². The summed E-state index contributed by atoms with van der Waals surface area (Å²) in [6.07, 6.45) is 0. The van der Waals surface area contributed by atoms with Gasteiger partial charge in [0.2, 0.25) is 5.28 Å². The lowest BCUT2D eigenvalue weighted by Gasteiger charge is -1.99. The molecule has 0 radical (unpaired) electrons. The zero-order valence-corrected chi connectivity index (χ0v) is 8.32. The van der Waals surface area contributed by atoms with E-state index in [0.29, 0.717) is 0 Å². The normalized spacial score (nSPS) is 11.2. The molecule has 0 atom stereocenters. The van der Waals surface area contributed by atoms with Crippen molar-refractivity contribution in [3.05, 3.63) is 5.28 Å². The quantitative estimate of drug-likeness (QED) is 0.442. The molecule has 1 rings (SSSR count). The Hall–Kier alpha value is -1.63. The van der Waals surface area contributed by atoms with E-state index in [4.69, 9.17) is 26.9 Å². The van der Waals surface area contributed by atoms with Gasteiger partial charge in [-0.1, -0.05) is 5.16 Å². The van der Waals surface area contributed by atoms with Gasteiger partial charge in [-0.15, -0.1) is 4.98 Å². The first-order valence-electron chi connectivity index (χ1n) is 3.54. The van der Waals surface area contributed by atoms with E-state index in [2.05, 4.69) is 20.1 Å². The number of methoxy groups -OCH3 is 1. The molecule has 2 N–H and O–H groups in total. The number of amidine groups is 1. The maximum absolute atomic E-state index is 5.54. The molecule has 0 aliphatic carbocycles. The zero-order chi connectivity index (χ0) is 10.6. The Morgan fingerprint density at radius 3 is 2.57 bits per heavy atom. The molecule has 1 heterocycles. The average molecular weight is 218 g/mol. The molecule has 0 unspecified atom stereocenters. The van der Waals surface area contributed by atoms with Crippen molar-refractivity contribution in [3.63, 3.8) is 0 Å². The Kier molecular flexibility index (Phi) is 3.41. The van der Waals surface area contributed by atoms with Gasteiger partial charge in [0, 0.05) is 0 Å². The van der Waals surface area contributed by atoms with Crippen LogP contribution in [-0.4, -0.2) is 27.9 Å². The predicted molar refractivity (Wildman–Crippen MR) is 49.3 cm³/mol. The summed E-state index contributed by atoms with van der Waals surface area (Å²) in [6, 6.07) is -0.0310. The standard InChI is InChI=1S/C6H8ClN5O2/c1-3(8)12-14-6-10-4(7)9-5(11-6)13-2/h1-2H3,(H2,8,12). The van der Waals surface area contributed by atoms with E-state index in [0.717, 1.165) is 0 Å². The molecule has 0 aliphatic rings. The van der Waals surface area contributed by atoms with E-state index in [1.807, 2.05) is 0 Å². The van der Waals surface area contributed by atoms with Crippen molar-refractivity contribution in [1.82, 2.24) is 15.0 Å². The number of rotatable bonds is 3. The smallest absolute Gasteiger partial charge is 0.353 e. The van der Waals surface area contributed by atoms with Crippen molar-refractivity contribution in [3.8, 4) is 12.0 Å². The van der Waals surface area contributed by atoms with Gasteiger partial charge in [0.1, 0.15) is 5.84 Å². The van der Waals surface area contributed by atoms with E-state index in [1.54, 1.807) is 6.92 Å². The van der Waals surface area contributed by atoms with Gasteiger partial charge in [-0.2, -0.15) is 9.97 Å². The largest absolute Gasteiger partial charge is 0.467 e. The lowest BCUT2D eigenvalue weighted by molar-refractivity contribution is 0.296. The van der Waals surface area contributed by atoms with Crippen LogP contribution >= 0.6 is 11.6 Å². The Balaban J connectivity index is 2.86. The van der Waals surface area contributed by atoms with Crippen molar-refractivity contribution < 1.29 is 9.57 Å². The molecule has 0 saturated heterocycles. The fraction of sp³-hybridized carbons (Fsp3) is 0.333. The first-order valence-corrected chi connectivity index (χ1v) is 3.92. The molecule has 0 saturated carbocycles. The van der Waals surface area contributed by atoms with E-state index < -0.39 is 0 Å². The van der Waals surface area contributed by atoms with Crippen molar-refractivity contribution >= 4 is 17.4 Å². The first-order chi connectivity index (χ1) is 6.61. The number of nitrogens with zero attached hydrogens (tertiary/aromatic N) is 4. The van der Waals surface area contributed by atoms with E-state index in [1.165, 1.54) is 7.11 Å². The van der Waals surface area contributed by atoms with Crippen molar-refractivity contribution in [2.75, 3.05) is 7.11 Å². The van der Waals surface area contributed by atoms with Crippen LogP contribution in [0.3, 0.4) is 0 Å². The number of ether oxygens (including phenoxy) is 1. The van der Waals surface area contributed by atoms with Gasteiger partial charge in [-0.25, -0.2) is 0 Å². The van der Waals surface area contributed by atoms with Crippen molar-refractivity contribution in [2.45, 2.75) is 6.92 Å². The number of hydrogen-bond donors (Lipinski definition) is 1. The van der Waals surface area contributed by atoms with Gasteiger partial charge < -0.3 is 15.3 Å². The first kappa shape index (κ1) is 10.5. The zero-order valence-electron chi connectivity index (χ0n) is 7.56. The Morgan fingerprint density at radius 2 is 2.00 bits per heavy atom. The van der Waals surface area contributed by atoms with Crippen LogP contribution in [0.2, 0.25) is 5.28 Å². The van der Waals surface area contributed by atoms with Crippen LogP contribution in [0.15, 0.2) is 5.16 Å². The minimum absolute atomic E-state index is 0.0447. The van der Waals surface area contributed by atoms with Gasteiger partial charge in [0.25, 0.3) is 0 Å². The summed E-state index contributed by atoms with van der Waals surface area (Å²) < 4.78 is 4.74. The van der Waals surface area contributed by atoms with Gasteiger partial charge >= 0.3 is 12.0 Å². The van der Waals surface area contributed by atoms with Crippen LogP contribution in [0.4, 0.5) is 0 Å². The Labute approximate surface area is 84.9 Å². The summed E-state index contributed by atoms with van der Waals surface area (Å²) in [6.45, 7) is 1.56. The predicted octanol–water partition coefficient (Wildman–Crippen LogP) is 0.205. The molecule has 0 aromatic carbocycles. The average Bonchev–Trinajstić information content (AvgIpc) is 2.14. The highest BCUT2D eigenvalue weighted by atomic mass is 35.5. The van der Waals surface area contributed by atoms with Crippen LogP contribution in [0, 0.1) is 0 Å². The minimum atomic E-state index is -0.0772. The Bertz CT molecular complexity index is 352. The topological polar surface area (TPSA) is 95.5 Å². The maximum Gasteiger partial charge on any atom is 0.353 e. The molecular formula is C6H8ClN5O2. The summed E-state index contributed by atoms with van der Waals surface area (Å²) in [7, 11) is 1.40. The van der Waals surface area contributed by atoms with Crippen LogP contribution in [0.5, 0.6) is 12.0 Å². The van der Waals surface area contributed by atoms with Crippen LogP contribution in [-0.2, 0) is 0 Å². The highest BCUT2D eigenvalue weighted by molar-refractivity contribution is 6.28. The lowest BCUT2D eigenvalue weighted by atomic mass is 10.7. The Morgan fingerprint density at radius 1 is 1.36 bits per heavy atom. The molecule has 0 bridgehead atoms. The number of nitrogens with two attached hydrogens (primary N) is 1. The third kappa shape index (κ3) is 3.02. The molecule has 76 valence electrons. The highest BCUT2D eigenvalue weighted by Gasteiger charge is 2.05. The third-order valence-electron chi connectivity index (χ3n) is 1.02. The van der Waals surface area contributed by atoms with Crippen LogP contribution in [0.25, 0.3) is 0 Å². The monoisotopic (exact) mass is 217 g/mol. The summed E-state index contributed by atoms with van der Waals surface area (Å²) in [5, 5.41) is 3.39. The fourth-order valence-electron chi connectivity index (χ4n) is 0.560. The summed E-state index contributed by atoms with van der Waals surface area (Å²) >= 11 is 5.54. The molecule has 1 aromatic rings. The molecular weight excluding hydrogens is 210 g/mol. The molecule has 0 fully saturated rings. The van der Waals surface area contributed by atoms with Crippen LogP contribution < -0.4 is 15.3 Å². The van der Waals surface area contributed by atoms with Crippen LogP contribution in [0.1, 0.15) is 6.92 Å². The molecule has 0 amide bonds. The molecule has 1 aromatic heterocycles. The summed E-state index contributed by atoms with van der Waals surface area (Å²) in [5.41, 5.74) is 5.24. The molecule has 14 heavy (non-hydrogen) atoms. The van der Waals surface area contributed by atoms with E-state index in [9.17, 15) is 0 Å². The second-order valence-corrected chi connectivity index (χ2v) is 2.54. The number of hydrogen-bond acceptors (Lipinski definition) is 6. The number of oxime groups is 1. The van der Waals surface area contributed by atoms with Gasteiger partial charge in [0.05, 0.1) is 7.11 Å². The van der Waals surface area contributed by atoms with E-state index in [-0.39, 0.29) is 23.1 Å².